The maximum Gasteiger partial charge on any atom is 0.271 e. The van der Waals surface area contributed by atoms with Crippen LogP contribution in [-0.4, -0.2) is 21.7 Å². The van der Waals surface area contributed by atoms with Gasteiger partial charge >= 0.3 is 0 Å². The molecule has 128 valence electrons. The van der Waals surface area contributed by atoms with Crippen LogP contribution in [0.15, 0.2) is 47.3 Å². The summed E-state index contributed by atoms with van der Waals surface area (Å²) in [5, 5.41) is 7.15. The van der Waals surface area contributed by atoms with Crippen molar-refractivity contribution in [1.82, 2.24) is 15.1 Å². The molecule has 2 aromatic rings. The van der Waals surface area contributed by atoms with Gasteiger partial charge in [0.1, 0.15) is 5.69 Å². The zero-order valence-electron chi connectivity index (χ0n) is 14.5. The maximum absolute atomic E-state index is 12.3. The second-order valence-corrected chi connectivity index (χ2v) is 6.55. The van der Waals surface area contributed by atoms with E-state index in [2.05, 4.69) is 24.3 Å². The normalized spacial score (nSPS) is 12.2. The largest absolute Gasteiger partial charge is 0.348 e. The van der Waals surface area contributed by atoms with Crippen LogP contribution in [0.25, 0.3) is 0 Å². The van der Waals surface area contributed by atoms with Gasteiger partial charge in [0.15, 0.2) is 0 Å². The predicted molar refractivity (Wildman–Crippen MR) is 95.0 cm³/mol. The highest BCUT2D eigenvalue weighted by atomic mass is 16.2. The Kier molecular flexibility index (Phi) is 6.29. The van der Waals surface area contributed by atoms with E-state index in [0.717, 1.165) is 18.4 Å². The molecular formula is C19H25N3O2. The monoisotopic (exact) mass is 327 g/mol. The average molecular weight is 327 g/mol. The van der Waals surface area contributed by atoms with Crippen LogP contribution >= 0.6 is 0 Å². The van der Waals surface area contributed by atoms with Gasteiger partial charge in [0.05, 0.1) is 6.54 Å². The average Bonchev–Trinajstić information content (AvgIpc) is 2.56. The quantitative estimate of drug-likeness (QED) is 0.850. The van der Waals surface area contributed by atoms with Crippen molar-refractivity contribution in [2.75, 3.05) is 0 Å². The molecule has 0 aliphatic carbocycles. The van der Waals surface area contributed by atoms with E-state index in [0.29, 0.717) is 12.5 Å². The first-order valence-corrected chi connectivity index (χ1v) is 8.38. The SMILES string of the molecule is CC(C)CCC(C)NC(=O)c1ccc(=O)n(Cc2ccccc2)n1. The Hall–Kier alpha value is -2.43. The maximum atomic E-state index is 12.3. The van der Waals surface area contributed by atoms with Crippen molar-refractivity contribution in [3.8, 4) is 0 Å². The molecule has 1 amide bonds. The molecule has 1 aromatic heterocycles. The van der Waals surface area contributed by atoms with Crippen molar-refractivity contribution in [3.63, 3.8) is 0 Å². The topological polar surface area (TPSA) is 64.0 Å². The molecule has 0 radical (unpaired) electrons. The Morgan fingerprint density at radius 3 is 2.46 bits per heavy atom. The van der Waals surface area contributed by atoms with Crippen molar-refractivity contribution in [1.29, 1.82) is 0 Å². The van der Waals surface area contributed by atoms with Gasteiger partial charge in [0.25, 0.3) is 11.5 Å². The fourth-order valence-corrected chi connectivity index (χ4v) is 2.39. The Labute approximate surface area is 142 Å². The van der Waals surface area contributed by atoms with Crippen LogP contribution in [0.4, 0.5) is 0 Å². The third kappa shape index (κ3) is 5.33. The first-order valence-electron chi connectivity index (χ1n) is 8.38. The molecule has 0 saturated carbocycles. The molecule has 0 spiro atoms. The zero-order chi connectivity index (χ0) is 17.5. The van der Waals surface area contributed by atoms with Crippen LogP contribution in [0.5, 0.6) is 0 Å². The summed E-state index contributed by atoms with van der Waals surface area (Å²) < 4.78 is 1.32. The summed E-state index contributed by atoms with van der Waals surface area (Å²) in [6.07, 6.45) is 1.98. The predicted octanol–water partition coefficient (Wildman–Crippen LogP) is 2.85. The molecule has 5 nitrogen and oxygen atoms in total. The first kappa shape index (κ1) is 17.9. The molecule has 0 aliphatic rings. The minimum Gasteiger partial charge on any atom is -0.348 e. The van der Waals surface area contributed by atoms with E-state index >= 15 is 0 Å². The van der Waals surface area contributed by atoms with Gasteiger partial charge in [-0.05, 0) is 37.3 Å². The second-order valence-electron chi connectivity index (χ2n) is 6.55. The number of hydrogen-bond acceptors (Lipinski definition) is 3. The standard InChI is InChI=1S/C19H25N3O2/c1-14(2)9-10-15(3)20-19(24)17-11-12-18(23)22(21-17)13-16-7-5-4-6-8-16/h4-8,11-12,14-15H,9-10,13H2,1-3H3,(H,20,24). The number of amides is 1. The van der Waals surface area contributed by atoms with Gasteiger partial charge in [-0.2, -0.15) is 5.10 Å². The Bertz CT molecular complexity index is 723. The smallest absolute Gasteiger partial charge is 0.271 e. The van der Waals surface area contributed by atoms with Crippen molar-refractivity contribution in [3.05, 3.63) is 64.1 Å². The van der Waals surface area contributed by atoms with Gasteiger partial charge < -0.3 is 5.32 Å². The lowest BCUT2D eigenvalue weighted by atomic mass is 10.0. The molecule has 0 bridgehead atoms. The molecule has 24 heavy (non-hydrogen) atoms. The molecule has 2 rings (SSSR count). The van der Waals surface area contributed by atoms with E-state index in [1.807, 2.05) is 37.3 Å². The lowest BCUT2D eigenvalue weighted by molar-refractivity contribution is 0.0929. The lowest BCUT2D eigenvalue weighted by Gasteiger charge is -2.15. The van der Waals surface area contributed by atoms with Gasteiger partial charge in [-0.1, -0.05) is 44.2 Å². The summed E-state index contributed by atoms with van der Waals surface area (Å²) in [4.78, 5) is 24.3. The van der Waals surface area contributed by atoms with Gasteiger partial charge in [0.2, 0.25) is 0 Å². The summed E-state index contributed by atoms with van der Waals surface area (Å²) in [5.74, 6) is 0.364. The van der Waals surface area contributed by atoms with Gasteiger partial charge in [0, 0.05) is 12.1 Å². The first-order chi connectivity index (χ1) is 11.5. The molecule has 1 aromatic carbocycles. The fourth-order valence-electron chi connectivity index (χ4n) is 2.39. The number of nitrogens with one attached hydrogen (secondary N) is 1. The summed E-state index contributed by atoms with van der Waals surface area (Å²) >= 11 is 0. The number of aromatic nitrogens is 2. The fraction of sp³-hybridized carbons (Fsp3) is 0.421. The molecule has 1 heterocycles. The Morgan fingerprint density at radius 1 is 1.08 bits per heavy atom. The van der Waals surface area contributed by atoms with Crippen molar-refractivity contribution >= 4 is 5.91 Å². The minimum atomic E-state index is -0.243. The minimum absolute atomic E-state index is 0.0798. The number of nitrogens with zero attached hydrogens (tertiary/aromatic N) is 2. The number of carbonyl (C=O) groups is 1. The molecule has 1 atom stereocenters. The molecule has 1 unspecified atom stereocenters. The van der Waals surface area contributed by atoms with E-state index in [4.69, 9.17) is 0 Å². The summed E-state index contributed by atoms with van der Waals surface area (Å²) in [7, 11) is 0. The molecule has 0 aliphatic heterocycles. The molecule has 5 heteroatoms. The second kappa shape index (κ2) is 8.43. The summed E-state index contributed by atoms with van der Waals surface area (Å²) in [6, 6.07) is 12.5. The van der Waals surface area contributed by atoms with E-state index in [-0.39, 0.29) is 23.2 Å². The molecule has 0 saturated heterocycles. The van der Waals surface area contributed by atoms with E-state index in [1.54, 1.807) is 0 Å². The number of benzene rings is 1. The van der Waals surface area contributed by atoms with Crippen LogP contribution in [-0.2, 0) is 6.54 Å². The van der Waals surface area contributed by atoms with Crippen LogP contribution in [0.3, 0.4) is 0 Å². The van der Waals surface area contributed by atoms with Crippen LogP contribution in [0, 0.1) is 5.92 Å². The number of rotatable bonds is 7. The molecule has 0 fully saturated rings. The van der Waals surface area contributed by atoms with Crippen LogP contribution in [0.2, 0.25) is 0 Å². The molecular weight excluding hydrogens is 302 g/mol. The van der Waals surface area contributed by atoms with Gasteiger partial charge in [-0.15, -0.1) is 0 Å². The Morgan fingerprint density at radius 2 is 1.79 bits per heavy atom. The van der Waals surface area contributed by atoms with Crippen molar-refractivity contribution in [2.24, 2.45) is 5.92 Å². The van der Waals surface area contributed by atoms with E-state index < -0.39 is 0 Å². The van der Waals surface area contributed by atoms with Gasteiger partial charge in [-0.25, -0.2) is 4.68 Å². The summed E-state index contributed by atoms with van der Waals surface area (Å²) in [6.45, 7) is 6.66. The number of carbonyl (C=O) groups excluding carboxylic acids is 1. The van der Waals surface area contributed by atoms with Crippen molar-refractivity contribution < 1.29 is 4.79 Å². The van der Waals surface area contributed by atoms with Gasteiger partial charge in [-0.3, -0.25) is 9.59 Å². The van der Waals surface area contributed by atoms with E-state index in [9.17, 15) is 9.59 Å². The zero-order valence-corrected chi connectivity index (χ0v) is 14.5. The van der Waals surface area contributed by atoms with E-state index in [1.165, 1.54) is 16.8 Å². The Balaban J connectivity index is 2.07. The van der Waals surface area contributed by atoms with Crippen LogP contribution < -0.4 is 10.9 Å². The highest BCUT2D eigenvalue weighted by molar-refractivity contribution is 5.92. The lowest BCUT2D eigenvalue weighted by Crippen LogP contribution is -2.35. The highest BCUT2D eigenvalue weighted by Crippen LogP contribution is 2.07. The van der Waals surface area contributed by atoms with Crippen molar-refractivity contribution in [2.45, 2.75) is 46.2 Å². The third-order valence-corrected chi connectivity index (χ3v) is 3.83. The third-order valence-electron chi connectivity index (χ3n) is 3.83. The summed E-state index contributed by atoms with van der Waals surface area (Å²) in [5.41, 5.74) is 1.01. The molecule has 1 N–H and O–H groups in total. The number of hydrogen-bond donors (Lipinski definition) is 1. The van der Waals surface area contributed by atoms with Crippen LogP contribution in [0.1, 0.15) is 49.7 Å². The highest BCUT2D eigenvalue weighted by Gasteiger charge is 2.13.